The molecule has 2 rings (SSSR count). The van der Waals surface area contributed by atoms with E-state index in [1.54, 1.807) is 0 Å². The lowest BCUT2D eigenvalue weighted by molar-refractivity contribution is -0.131. The number of fused-ring (bicyclic) bond motifs is 1. The predicted octanol–water partition coefficient (Wildman–Crippen LogP) is 3.37. The summed E-state index contributed by atoms with van der Waals surface area (Å²) in [6.45, 7) is 10.1. The fraction of sp³-hybridized carbons (Fsp3) is 0.471. The Hall–Kier alpha value is -1.81. The van der Waals surface area contributed by atoms with Crippen molar-refractivity contribution >= 4 is 16.9 Å². The molecule has 0 amide bonds. The van der Waals surface area contributed by atoms with Crippen LogP contribution >= 0.6 is 0 Å². The minimum Gasteiger partial charge on any atom is -0.426 e. The van der Waals surface area contributed by atoms with Gasteiger partial charge in [0.2, 0.25) is 0 Å². The van der Waals surface area contributed by atoms with Crippen molar-refractivity contribution in [1.82, 2.24) is 9.88 Å². The molecule has 4 heteroatoms. The Balaban J connectivity index is 2.25. The Kier molecular flexibility index (Phi) is 5.02. The Morgan fingerprint density at radius 3 is 2.76 bits per heavy atom. The first-order chi connectivity index (χ1) is 10.0. The molecule has 0 radical (unpaired) electrons. The number of rotatable bonds is 6. The molecule has 0 spiro atoms. The highest BCUT2D eigenvalue weighted by molar-refractivity contribution is 5.91. The van der Waals surface area contributed by atoms with Crippen LogP contribution in [0.3, 0.4) is 0 Å². The smallest absolute Gasteiger partial charge is 0.308 e. The number of carbonyl (C=O) groups is 1. The van der Waals surface area contributed by atoms with E-state index in [4.69, 9.17) is 4.74 Å². The van der Waals surface area contributed by atoms with Gasteiger partial charge in [-0.2, -0.15) is 0 Å². The van der Waals surface area contributed by atoms with Gasteiger partial charge >= 0.3 is 5.97 Å². The SMILES string of the molecule is CCN(CCc1c[nH]c2cccc(OC(C)=O)c12)C(C)C. The van der Waals surface area contributed by atoms with Gasteiger partial charge in [0.25, 0.3) is 0 Å². The number of hydrogen-bond donors (Lipinski definition) is 1. The zero-order valence-electron chi connectivity index (χ0n) is 13.3. The van der Waals surface area contributed by atoms with Crippen molar-refractivity contribution in [3.8, 4) is 5.75 Å². The lowest BCUT2D eigenvalue weighted by atomic mass is 10.1. The number of hydrogen-bond acceptors (Lipinski definition) is 3. The van der Waals surface area contributed by atoms with E-state index in [0.29, 0.717) is 11.8 Å². The number of ether oxygens (including phenoxy) is 1. The number of benzene rings is 1. The first kappa shape index (κ1) is 15.6. The fourth-order valence-corrected chi connectivity index (χ4v) is 2.70. The first-order valence-corrected chi connectivity index (χ1v) is 7.54. The summed E-state index contributed by atoms with van der Waals surface area (Å²) in [4.78, 5) is 16.9. The number of likely N-dealkylation sites (N-methyl/N-ethyl adjacent to an activating group) is 1. The average molecular weight is 288 g/mol. The highest BCUT2D eigenvalue weighted by Crippen LogP contribution is 2.29. The van der Waals surface area contributed by atoms with Crippen LogP contribution in [0.4, 0.5) is 0 Å². The molecule has 0 saturated carbocycles. The zero-order chi connectivity index (χ0) is 15.4. The molecular weight excluding hydrogens is 264 g/mol. The minimum atomic E-state index is -0.285. The summed E-state index contributed by atoms with van der Waals surface area (Å²) in [7, 11) is 0. The number of carbonyl (C=O) groups excluding carboxylic acids is 1. The summed E-state index contributed by atoms with van der Waals surface area (Å²) in [6, 6.07) is 6.29. The number of nitrogens with one attached hydrogen (secondary N) is 1. The van der Waals surface area contributed by atoms with Crippen LogP contribution in [0.25, 0.3) is 10.9 Å². The summed E-state index contributed by atoms with van der Waals surface area (Å²) in [6.07, 6.45) is 2.95. The molecule has 0 atom stereocenters. The van der Waals surface area contributed by atoms with Crippen molar-refractivity contribution in [2.75, 3.05) is 13.1 Å². The molecule has 2 aromatic rings. The van der Waals surface area contributed by atoms with E-state index in [0.717, 1.165) is 30.4 Å². The Morgan fingerprint density at radius 2 is 2.14 bits per heavy atom. The van der Waals surface area contributed by atoms with Gasteiger partial charge in [0.15, 0.2) is 0 Å². The number of aromatic amines is 1. The number of nitrogens with zero attached hydrogens (tertiary/aromatic N) is 1. The van der Waals surface area contributed by atoms with Crippen LogP contribution in [0.15, 0.2) is 24.4 Å². The first-order valence-electron chi connectivity index (χ1n) is 7.54. The zero-order valence-corrected chi connectivity index (χ0v) is 13.3. The molecule has 4 nitrogen and oxygen atoms in total. The molecule has 0 unspecified atom stereocenters. The van der Waals surface area contributed by atoms with Gasteiger partial charge in [0.1, 0.15) is 5.75 Å². The molecule has 0 aliphatic heterocycles. The molecule has 1 heterocycles. The van der Waals surface area contributed by atoms with Crippen molar-refractivity contribution in [3.63, 3.8) is 0 Å². The summed E-state index contributed by atoms with van der Waals surface area (Å²) >= 11 is 0. The number of esters is 1. The molecule has 21 heavy (non-hydrogen) atoms. The number of H-pyrrole nitrogens is 1. The minimum absolute atomic E-state index is 0.285. The number of aromatic nitrogens is 1. The van der Waals surface area contributed by atoms with Gasteiger partial charge in [0.05, 0.1) is 0 Å². The third-order valence-electron chi connectivity index (χ3n) is 3.81. The van der Waals surface area contributed by atoms with Crippen molar-refractivity contribution in [2.45, 2.75) is 40.2 Å². The molecule has 0 aliphatic rings. The highest BCUT2D eigenvalue weighted by atomic mass is 16.5. The van der Waals surface area contributed by atoms with E-state index < -0.39 is 0 Å². The maximum Gasteiger partial charge on any atom is 0.308 e. The molecule has 1 aromatic heterocycles. The van der Waals surface area contributed by atoms with E-state index >= 15 is 0 Å². The van der Waals surface area contributed by atoms with Crippen LogP contribution in [-0.2, 0) is 11.2 Å². The quantitative estimate of drug-likeness (QED) is 0.655. The molecule has 1 aromatic carbocycles. The standard InChI is InChI=1S/C17H24N2O2/c1-5-19(12(2)3)10-9-14-11-18-15-7-6-8-16(17(14)15)21-13(4)20/h6-8,11-12,18H,5,9-10H2,1-4H3. The second-order valence-electron chi connectivity index (χ2n) is 5.56. The third-order valence-corrected chi connectivity index (χ3v) is 3.81. The predicted molar refractivity (Wildman–Crippen MR) is 85.7 cm³/mol. The summed E-state index contributed by atoms with van der Waals surface area (Å²) in [5, 5.41) is 1.02. The highest BCUT2D eigenvalue weighted by Gasteiger charge is 2.13. The van der Waals surface area contributed by atoms with Crippen molar-refractivity contribution in [1.29, 1.82) is 0 Å². The molecule has 0 fully saturated rings. The van der Waals surface area contributed by atoms with Crippen LogP contribution < -0.4 is 4.74 Å². The maximum absolute atomic E-state index is 11.3. The topological polar surface area (TPSA) is 45.3 Å². The van der Waals surface area contributed by atoms with Gasteiger partial charge in [-0.05, 0) is 44.5 Å². The second kappa shape index (κ2) is 6.76. The Bertz CT molecular complexity index is 616. The van der Waals surface area contributed by atoms with Gasteiger partial charge in [-0.3, -0.25) is 4.79 Å². The average Bonchev–Trinajstić information content (AvgIpc) is 2.83. The van der Waals surface area contributed by atoms with Gasteiger partial charge in [-0.25, -0.2) is 0 Å². The van der Waals surface area contributed by atoms with Gasteiger partial charge in [-0.1, -0.05) is 13.0 Å². The van der Waals surface area contributed by atoms with Crippen molar-refractivity contribution in [3.05, 3.63) is 30.0 Å². The van der Waals surface area contributed by atoms with Crippen LogP contribution in [-0.4, -0.2) is 35.0 Å². The van der Waals surface area contributed by atoms with Crippen LogP contribution in [0, 0.1) is 0 Å². The van der Waals surface area contributed by atoms with Crippen LogP contribution in [0.2, 0.25) is 0 Å². The monoisotopic (exact) mass is 288 g/mol. The van der Waals surface area contributed by atoms with Gasteiger partial charge < -0.3 is 14.6 Å². The molecule has 0 saturated heterocycles. The van der Waals surface area contributed by atoms with Crippen LogP contribution in [0.1, 0.15) is 33.3 Å². The van der Waals surface area contributed by atoms with E-state index in [1.165, 1.54) is 12.5 Å². The van der Waals surface area contributed by atoms with E-state index in [2.05, 4.69) is 30.7 Å². The van der Waals surface area contributed by atoms with Crippen molar-refractivity contribution < 1.29 is 9.53 Å². The maximum atomic E-state index is 11.3. The molecule has 0 bridgehead atoms. The molecular formula is C17H24N2O2. The normalized spacial score (nSPS) is 11.5. The summed E-state index contributed by atoms with van der Waals surface area (Å²) in [5.74, 6) is 0.357. The van der Waals surface area contributed by atoms with Gasteiger partial charge in [0, 0.05) is 36.6 Å². The fourth-order valence-electron chi connectivity index (χ4n) is 2.70. The summed E-state index contributed by atoms with van der Waals surface area (Å²) < 4.78 is 5.33. The lowest BCUT2D eigenvalue weighted by Gasteiger charge is -2.24. The molecule has 0 aliphatic carbocycles. The van der Waals surface area contributed by atoms with E-state index in [9.17, 15) is 4.79 Å². The molecule has 1 N–H and O–H groups in total. The van der Waals surface area contributed by atoms with Crippen LogP contribution in [0.5, 0.6) is 5.75 Å². The van der Waals surface area contributed by atoms with E-state index in [1.807, 2.05) is 24.4 Å². The lowest BCUT2D eigenvalue weighted by Crippen LogP contribution is -2.32. The third kappa shape index (κ3) is 3.64. The van der Waals surface area contributed by atoms with Crippen molar-refractivity contribution in [2.24, 2.45) is 0 Å². The second-order valence-corrected chi connectivity index (χ2v) is 5.56. The summed E-state index contributed by atoms with van der Waals surface area (Å²) in [5.41, 5.74) is 2.21. The van der Waals surface area contributed by atoms with Gasteiger partial charge in [-0.15, -0.1) is 0 Å². The Morgan fingerprint density at radius 1 is 1.38 bits per heavy atom. The largest absolute Gasteiger partial charge is 0.426 e. The molecule has 114 valence electrons. The van der Waals surface area contributed by atoms with E-state index in [-0.39, 0.29) is 5.97 Å². The Labute approximate surface area is 126 Å².